The van der Waals surface area contributed by atoms with Gasteiger partial charge in [-0.2, -0.15) is 0 Å². The number of carbonyl (C=O) groups is 2. The van der Waals surface area contributed by atoms with Gasteiger partial charge in [-0.1, -0.05) is 26.8 Å². The monoisotopic (exact) mass is 434 g/mol. The third-order valence-corrected chi connectivity index (χ3v) is 5.41. The molecule has 31 heavy (non-hydrogen) atoms. The number of esters is 1. The van der Waals surface area contributed by atoms with Crippen LogP contribution in [0, 0.1) is 11.3 Å². The second-order valence-corrected chi connectivity index (χ2v) is 10.3. The van der Waals surface area contributed by atoms with Crippen LogP contribution in [0.4, 0.5) is 10.6 Å². The van der Waals surface area contributed by atoms with Gasteiger partial charge >= 0.3 is 12.1 Å². The van der Waals surface area contributed by atoms with Gasteiger partial charge in [-0.15, -0.1) is 0 Å². The molecule has 2 N–H and O–H groups in total. The fraction of sp³-hybridized carbons (Fsp3) is 0.696. The van der Waals surface area contributed by atoms with E-state index in [2.05, 4.69) is 4.98 Å². The number of hydrogen-bond acceptors (Lipinski definition) is 7. The summed E-state index contributed by atoms with van der Waals surface area (Å²) >= 11 is 0. The molecule has 2 heterocycles. The summed E-state index contributed by atoms with van der Waals surface area (Å²) in [5, 5.41) is 0. The maximum absolute atomic E-state index is 13.5. The van der Waals surface area contributed by atoms with Crippen LogP contribution in [0.25, 0.3) is 0 Å². The van der Waals surface area contributed by atoms with Crippen LogP contribution < -0.4 is 10.6 Å². The maximum Gasteiger partial charge on any atom is 0.411 e. The summed E-state index contributed by atoms with van der Waals surface area (Å²) in [6.45, 7) is 13.4. The zero-order valence-electron chi connectivity index (χ0n) is 20.3. The van der Waals surface area contributed by atoms with Crippen molar-refractivity contribution >= 4 is 17.9 Å². The molecule has 8 heteroatoms. The van der Waals surface area contributed by atoms with Gasteiger partial charge in [0.05, 0.1) is 12.6 Å². The van der Waals surface area contributed by atoms with E-state index in [0.717, 1.165) is 5.56 Å². The largest absolute Gasteiger partial charge is 0.464 e. The summed E-state index contributed by atoms with van der Waals surface area (Å²) in [4.78, 5) is 34.5. The number of nitrogens with two attached hydrogens (primary N) is 1. The van der Waals surface area contributed by atoms with Crippen LogP contribution in [0.3, 0.4) is 0 Å². The highest BCUT2D eigenvalue weighted by Gasteiger charge is 2.58. The number of hydrogen-bond donors (Lipinski definition) is 1. The number of anilines is 1. The van der Waals surface area contributed by atoms with Crippen molar-refractivity contribution in [3.63, 3.8) is 0 Å². The summed E-state index contributed by atoms with van der Waals surface area (Å²) in [7, 11) is 3.77. The van der Waals surface area contributed by atoms with Gasteiger partial charge in [0, 0.05) is 37.8 Å². The van der Waals surface area contributed by atoms with Crippen molar-refractivity contribution in [2.75, 3.05) is 25.6 Å². The number of ether oxygens (including phenoxy) is 2. The van der Waals surface area contributed by atoms with E-state index in [1.165, 1.54) is 4.90 Å². The summed E-state index contributed by atoms with van der Waals surface area (Å²) in [6.07, 6.45) is 1.10. The average molecular weight is 435 g/mol. The minimum absolute atomic E-state index is 0.212. The highest BCUT2D eigenvalue weighted by molar-refractivity contribution is 5.84. The first kappa shape index (κ1) is 24.9. The van der Waals surface area contributed by atoms with E-state index in [1.54, 1.807) is 33.9 Å². The van der Waals surface area contributed by atoms with Crippen LogP contribution in [0.1, 0.15) is 60.1 Å². The van der Waals surface area contributed by atoms with Gasteiger partial charge in [-0.3, -0.25) is 4.90 Å². The van der Waals surface area contributed by atoms with Gasteiger partial charge < -0.3 is 20.1 Å². The third-order valence-electron chi connectivity index (χ3n) is 5.41. The Labute approximate surface area is 186 Å². The first-order chi connectivity index (χ1) is 14.2. The number of amides is 1. The molecule has 2 rings (SSSR count). The minimum Gasteiger partial charge on any atom is -0.464 e. The topological polar surface area (TPSA) is 98.0 Å². The number of rotatable bonds is 4. The number of pyridine rings is 1. The molecule has 1 amide bonds. The van der Waals surface area contributed by atoms with Crippen molar-refractivity contribution in [3.8, 4) is 0 Å². The van der Waals surface area contributed by atoms with Crippen molar-refractivity contribution in [1.82, 2.24) is 9.88 Å². The fourth-order valence-electron chi connectivity index (χ4n) is 4.39. The summed E-state index contributed by atoms with van der Waals surface area (Å²) < 4.78 is 11.1. The van der Waals surface area contributed by atoms with Crippen molar-refractivity contribution in [3.05, 3.63) is 23.9 Å². The van der Waals surface area contributed by atoms with Crippen LogP contribution in [0.15, 0.2) is 18.3 Å². The van der Waals surface area contributed by atoms with E-state index >= 15 is 0 Å². The molecule has 0 bridgehead atoms. The molecule has 0 saturated carbocycles. The molecule has 1 saturated heterocycles. The minimum atomic E-state index is -0.870. The van der Waals surface area contributed by atoms with Crippen molar-refractivity contribution in [2.45, 2.75) is 72.2 Å². The Bertz CT molecular complexity index is 798. The molecule has 8 nitrogen and oxygen atoms in total. The fourth-order valence-corrected chi connectivity index (χ4v) is 4.39. The zero-order chi connectivity index (χ0) is 23.7. The lowest BCUT2D eigenvalue weighted by Crippen LogP contribution is -2.49. The first-order valence-corrected chi connectivity index (χ1v) is 10.8. The van der Waals surface area contributed by atoms with Crippen LogP contribution in [-0.2, 0) is 14.3 Å². The van der Waals surface area contributed by atoms with Crippen LogP contribution in [0.2, 0.25) is 0 Å². The normalized spacial score (nSPS) is 24.1. The van der Waals surface area contributed by atoms with Crippen molar-refractivity contribution < 1.29 is 19.1 Å². The number of nitrogens with zero attached hydrogens (tertiary/aromatic N) is 3. The molecule has 1 fully saturated rings. The van der Waals surface area contributed by atoms with Gasteiger partial charge in [0.1, 0.15) is 17.5 Å². The van der Waals surface area contributed by atoms with Crippen LogP contribution in [0.5, 0.6) is 0 Å². The number of aromatic nitrogens is 1. The smallest absolute Gasteiger partial charge is 0.411 e. The average Bonchev–Trinajstić information content (AvgIpc) is 2.93. The van der Waals surface area contributed by atoms with Crippen LogP contribution >= 0.6 is 0 Å². The summed E-state index contributed by atoms with van der Waals surface area (Å²) in [5.41, 5.74) is 6.49. The van der Waals surface area contributed by atoms with E-state index < -0.39 is 35.8 Å². The molecule has 1 aliphatic heterocycles. The molecule has 1 aromatic heterocycles. The summed E-state index contributed by atoms with van der Waals surface area (Å²) in [5.74, 6) is -0.130. The van der Waals surface area contributed by atoms with Crippen molar-refractivity contribution in [1.29, 1.82) is 0 Å². The van der Waals surface area contributed by atoms with E-state index in [9.17, 15) is 9.59 Å². The lowest BCUT2D eigenvalue weighted by molar-refractivity contribution is -0.151. The standard InChI is InChI=1S/C23H38N4O4/c1-10-30-20(28)18-15(22(2,3)4)16(24)17(27(18)21(29)31-23(5,6)7)14-12-11-13-25-19(14)26(8)9/h11-13,15-18H,10,24H2,1-9H3/t15-,16-,17-,18-/m0/s1. The van der Waals surface area contributed by atoms with Gasteiger partial charge in [0.25, 0.3) is 0 Å². The number of carbonyl (C=O) groups excluding carboxylic acids is 2. The second kappa shape index (κ2) is 9.02. The first-order valence-electron chi connectivity index (χ1n) is 10.8. The molecular weight excluding hydrogens is 396 g/mol. The predicted molar refractivity (Wildman–Crippen MR) is 121 cm³/mol. The molecule has 1 aromatic rings. The Kier molecular flexibility index (Phi) is 7.25. The zero-order valence-corrected chi connectivity index (χ0v) is 20.3. The quantitative estimate of drug-likeness (QED) is 0.726. The second-order valence-electron chi connectivity index (χ2n) is 10.3. The van der Waals surface area contributed by atoms with Gasteiger partial charge in [0.2, 0.25) is 0 Å². The molecule has 0 aromatic carbocycles. The van der Waals surface area contributed by atoms with E-state index in [-0.39, 0.29) is 17.9 Å². The number of likely N-dealkylation sites (tertiary alicyclic amines) is 1. The SMILES string of the molecule is CCOC(=O)[C@@H]1[C@@H](C(C)(C)C)[C@H](N)[C@H](c2cccnc2N(C)C)N1C(=O)OC(C)(C)C. The molecule has 1 aliphatic rings. The lowest BCUT2D eigenvalue weighted by Gasteiger charge is -2.35. The third kappa shape index (κ3) is 5.29. The molecule has 0 radical (unpaired) electrons. The van der Waals surface area contributed by atoms with E-state index in [1.807, 2.05) is 51.9 Å². The highest BCUT2D eigenvalue weighted by Crippen LogP contribution is 2.49. The Morgan fingerprint density at radius 1 is 1.19 bits per heavy atom. The lowest BCUT2D eigenvalue weighted by atomic mass is 9.73. The van der Waals surface area contributed by atoms with Crippen molar-refractivity contribution in [2.24, 2.45) is 17.1 Å². The molecule has 174 valence electrons. The Morgan fingerprint density at radius 2 is 1.81 bits per heavy atom. The Morgan fingerprint density at radius 3 is 2.29 bits per heavy atom. The van der Waals surface area contributed by atoms with Gasteiger partial charge in [-0.05, 0) is 39.2 Å². The van der Waals surface area contributed by atoms with Gasteiger partial charge in [-0.25, -0.2) is 14.6 Å². The molecular formula is C23H38N4O4. The molecule has 0 spiro atoms. The Hall–Kier alpha value is -2.35. The van der Waals surface area contributed by atoms with Gasteiger partial charge in [0.15, 0.2) is 0 Å². The molecule has 0 aliphatic carbocycles. The van der Waals surface area contributed by atoms with E-state index in [4.69, 9.17) is 15.2 Å². The maximum atomic E-state index is 13.5. The van der Waals surface area contributed by atoms with E-state index in [0.29, 0.717) is 5.82 Å². The predicted octanol–water partition coefficient (Wildman–Crippen LogP) is 3.36. The molecule has 4 atom stereocenters. The summed E-state index contributed by atoms with van der Waals surface area (Å²) in [6, 6.07) is 1.72. The Balaban J connectivity index is 2.73. The van der Waals surface area contributed by atoms with Crippen LogP contribution in [-0.4, -0.2) is 60.3 Å². The molecule has 0 unspecified atom stereocenters. The highest BCUT2D eigenvalue weighted by atomic mass is 16.6.